The Labute approximate surface area is 148 Å². The summed E-state index contributed by atoms with van der Waals surface area (Å²) in [7, 11) is -3.63. The Balaban J connectivity index is 1.81. The van der Waals surface area contributed by atoms with Crippen molar-refractivity contribution in [1.29, 1.82) is 0 Å². The molecule has 2 bridgehead atoms. The van der Waals surface area contributed by atoms with Gasteiger partial charge in [0.1, 0.15) is 0 Å². The number of ether oxygens (including phenoxy) is 2. The van der Waals surface area contributed by atoms with Gasteiger partial charge in [-0.25, -0.2) is 8.42 Å². The Morgan fingerprint density at radius 2 is 1.92 bits per heavy atom. The zero-order valence-electron chi connectivity index (χ0n) is 15.0. The van der Waals surface area contributed by atoms with Gasteiger partial charge in [-0.3, -0.25) is 9.52 Å². The molecule has 1 heterocycles. The maximum atomic E-state index is 12.8. The first-order chi connectivity index (χ1) is 11.5. The number of hydrogen-bond donors (Lipinski definition) is 1. The Hall–Kier alpha value is -1.44. The number of sulfonamides is 1. The van der Waals surface area contributed by atoms with Gasteiger partial charge in [-0.05, 0) is 39.2 Å². The van der Waals surface area contributed by atoms with Gasteiger partial charge in [-0.15, -0.1) is 0 Å². The van der Waals surface area contributed by atoms with Crippen molar-refractivity contribution in [3.63, 3.8) is 0 Å². The molecule has 2 aliphatic rings. The van der Waals surface area contributed by atoms with Gasteiger partial charge in [0, 0.05) is 0 Å². The first-order valence-corrected chi connectivity index (χ1v) is 10.2. The average molecular weight is 367 g/mol. The zero-order valence-corrected chi connectivity index (χ0v) is 15.9. The van der Waals surface area contributed by atoms with Crippen LogP contribution >= 0.6 is 0 Å². The quantitative estimate of drug-likeness (QED) is 0.861. The molecule has 1 aliphatic carbocycles. The molecule has 1 aromatic rings. The minimum Gasteiger partial charge on any atom is -0.371 e. The van der Waals surface area contributed by atoms with Crippen molar-refractivity contribution in [2.24, 2.45) is 5.41 Å². The smallest absolute Gasteiger partial charge is 0.242 e. The Morgan fingerprint density at radius 3 is 2.52 bits per heavy atom. The first kappa shape index (κ1) is 18.4. The van der Waals surface area contributed by atoms with E-state index in [2.05, 4.69) is 4.72 Å². The van der Waals surface area contributed by atoms with E-state index in [1.807, 2.05) is 51.1 Å². The minimum atomic E-state index is -3.63. The fourth-order valence-corrected chi connectivity index (χ4v) is 4.81. The van der Waals surface area contributed by atoms with Gasteiger partial charge in [0.05, 0.1) is 35.6 Å². The molecular formula is C18H25NO5S. The lowest BCUT2D eigenvalue weighted by Crippen LogP contribution is -2.56. The lowest BCUT2D eigenvalue weighted by Gasteiger charge is -2.44. The molecule has 0 spiro atoms. The molecule has 3 rings (SSSR count). The molecule has 0 unspecified atom stereocenters. The molecule has 7 heteroatoms. The van der Waals surface area contributed by atoms with Gasteiger partial charge in [0.2, 0.25) is 15.9 Å². The maximum Gasteiger partial charge on any atom is 0.242 e. The summed E-state index contributed by atoms with van der Waals surface area (Å²) in [5.74, 6) is -0.505. The third-order valence-corrected chi connectivity index (χ3v) is 6.07. The first-order valence-electron chi connectivity index (χ1n) is 8.35. The summed E-state index contributed by atoms with van der Waals surface area (Å²) in [6.07, 6.45) is 1.59. The van der Waals surface area contributed by atoms with E-state index < -0.39 is 32.5 Å². The fourth-order valence-electron chi connectivity index (χ4n) is 4.28. The second kappa shape index (κ2) is 5.79. The van der Waals surface area contributed by atoms with E-state index in [-0.39, 0.29) is 6.10 Å². The minimum absolute atomic E-state index is 0.272. The van der Waals surface area contributed by atoms with Gasteiger partial charge in [0.25, 0.3) is 0 Å². The van der Waals surface area contributed by atoms with Crippen LogP contribution in [0.25, 0.3) is 0 Å². The summed E-state index contributed by atoms with van der Waals surface area (Å²) in [5, 5.41) is 0. The van der Waals surface area contributed by atoms with Crippen molar-refractivity contribution >= 4 is 15.9 Å². The van der Waals surface area contributed by atoms with Crippen LogP contribution in [-0.2, 0) is 30.9 Å². The molecule has 0 radical (unpaired) electrons. The van der Waals surface area contributed by atoms with E-state index in [4.69, 9.17) is 9.47 Å². The van der Waals surface area contributed by atoms with Crippen LogP contribution in [0.3, 0.4) is 0 Å². The molecule has 1 amide bonds. The summed E-state index contributed by atoms with van der Waals surface area (Å²) in [5.41, 5.74) is -1.26. The summed E-state index contributed by atoms with van der Waals surface area (Å²) >= 11 is 0. The molecule has 1 aromatic carbocycles. The van der Waals surface area contributed by atoms with E-state index in [0.29, 0.717) is 19.4 Å². The molecular weight excluding hydrogens is 342 g/mol. The van der Waals surface area contributed by atoms with Crippen molar-refractivity contribution in [1.82, 2.24) is 4.72 Å². The molecule has 2 fully saturated rings. The van der Waals surface area contributed by atoms with Crippen molar-refractivity contribution in [3.8, 4) is 0 Å². The van der Waals surface area contributed by atoms with Gasteiger partial charge in [-0.1, -0.05) is 30.3 Å². The molecule has 1 aliphatic heterocycles. The number of fused-ring (bicyclic) bond motifs is 2. The molecule has 138 valence electrons. The number of carbonyl (C=O) groups is 1. The van der Waals surface area contributed by atoms with E-state index in [1.54, 1.807) is 0 Å². The second-order valence-electron chi connectivity index (χ2n) is 7.88. The number of carbonyl (C=O) groups excluding carboxylic acids is 1. The van der Waals surface area contributed by atoms with E-state index >= 15 is 0 Å². The predicted octanol–water partition coefficient (Wildman–Crippen LogP) is 2.00. The standard InChI is InChI=1S/C18H25NO5S/c1-16(2)18(15(20)19-25(4,21)22)10-14(17(3,12-18)24-16)23-11-13-8-6-5-7-9-13/h5-9,14H,10-12H2,1-4H3,(H,19,20)/t14-,17+,18+/m0/s1. The van der Waals surface area contributed by atoms with Gasteiger partial charge in [0.15, 0.2) is 0 Å². The van der Waals surface area contributed by atoms with Gasteiger partial charge in [-0.2, -0.15) is 0 Å². The van der Waals surface area contributed by atoms with Crippen molar-refractivity contribution < 1.29 is 22.7 Å². The molecule has 3 atom stereocenters. The normalized spacial score (nSPS) is 33.4. The van der Waals surface area contributed by atoms with Gasteiger partial charge < -0.3 is 9.47 Å². The van der Waals surface area contributed by atoms with Crippen LogP contribution in [0.2, 0.25) is 0 Å². The number of hydrogen-bond acceptors (Lipinski definition) is 5. The van der Waals surface area contributed by atoms with Crippen LogP contribution in [0.15, 0.2) is 30.3 Å². The van der Waals surface area contributed by atoms with E-state index in [1.165, 1.54) is 0 Å². The number of nitrogens with one attached hydrogen (secondary N) is 1. The molecule has 0 aromatic heterocycles. The molecule has 25 heavy (non-hydrogen) atoms. The Morgan fingerprint density at radius 1 is 1.28 bits per heavy atom. The second-order valence-corrected chi connectivity index (χ2v) is 9.63. The Kier molecular flexibility index (Phi) is 4.25. The average Bonchev–Trinajstić information content (AvgIpc) is 2.89. The van der Waals surface area contributed by atoms with Crippen LogP contribution in [0.5, 0.6) is 0 Å². The topological polar surface area (TPSA) is 81.7 Å². The van der Waals surface area contributed by atoms with Crippen molar-refractivity contribution in [2.45, 2.75) is 57.5 Å². The molecule has 1 saturated carbocycles. The van der Waals surface area contributed by atoms with E-state index in [9.17, 15) is 13.2 Å². The monoisotopic (exact) mass is 367 g/mol. The maximum absolute atomic E-state index is 12.8. The highest BCUT2D eigenvalue weighted by molar-refractivity contribution is 7.89. The zero-order chi connectivity index (χ0) is 18.5. The third kappa shape index (κ3) is 3.20. The van der Waals surface area contributed by atoms with Crippen LogP contribution in [0, 0.1) is 5.41 Å². The van der Waals surface area contributed by atoms with Crippen LogP contribution in [-0.4, -0.2) is 37.9 Å². The van der Waals surface area contributed by atoms with Crippen LogP contribution in [0.4, 0.5) is 0 Å². The summed E-state index contributed by atoms with van der Waals surface area (Å²) < 4.78 is 37.5. The van der Waals surface area contributed by atoms with Gasteiger partial charge >= 0.3 is 0 Å². The summed E-state index contributed by atoms with van der Waals surface area (Å²) in [6.45, 7) is 6.04. The van der Waals surface area contributed by atoms with Crippen LogP contribution in [0.1, 0.15) is 39.2 Å². The number of rotatable bonds is 5. The SMILES string of the molecule is CC1(C)O[C@]2(C)C[C@@]1(C(=O)NS(C)(=O)=O)C[C@@H]2OCc1ccccc1. The molecule has 6 nitrogen and oxygen atoms in total. The summed E-state index contributed by atoms with van der Waals surface area (Å²) in [6, 6.07) is 9.79. The highest BCUT2D eigenvalue weighted by atomic mass is 32.2. The molecule has 1 N–H and O–H groups in total. The lowest BCUT2D eigenvalue weighted by atomic mass is 9.72. The summed E-state index contributed by atoms with van der Waals surface area (Å²) in [4.78, 5) is 12.8. The third-order valence-electron chi connectivity index (χ3n) is 5.52. The fraction of sp³-hybridized carbons (Fsp3) is 0.611. The number of benzene rings is 1. The van der Waals surface area contributed by atoms with Crippen LogP contribution < -0.4 is 4.72 Å². The molecule has 1 saturated heterocycles. The highest BCUT2D eigenvalue weighted by Crippen LogP contribution is 2.62. The largest absolute Gasteiger partial charge is 0.371 e. The van der Waals surface area contributed by atoms with Crippen molar-refractivity contribution in [2.75, 3.05) is 6.26 Å². The lowest BCUT2D eigenvalue weighted by molar-refractivity contribution is -0.202. The predicted molar refractivity (Wildman–Crippen MR) is 93.2 cm³/mol. The van der Waals surface area contributed by atoms with Crippen molar-refractivity contribution in [3.05, 3.63) is 35.9 Å². The Bertz CT molecular complexity index is 776. The van der Waals surface area contributed by atoms with E-state index in [0.717, 1.165) is 11.8 Å². The number of amides is 1. The highest BCUT2D eigenvalue weighted by Gasteiger charge is 2.71.